The number of hydrogen-bond acceptors (Lipinski definition) is 6. The molecule has 1 aromatic carbocycles. The van der Waals surface area contributed by atoms with E-state index in [1.165, 1.54) is 12.3 Å². The van der Waals surface area contributed by atoms with Crippen molar-refractivity contribution in [3.8, 4) is 11.3 Å². The summed E-state index contributed by atoms with van der Waals surface area (Å²) in [6.45, 7) is 1.35. The van der Waals surface area contributed by atoms with E-state index in [9.17, 15) is 9.18 Å². The lowest BCUT2D eigenvalue weighted by molar-refractivity contribution is -0.00545. The second kappa shape index (κ2) is 7.64. The molecule has 2 aliphatic rings. The monoisotopic (exact) mass is 411 g/mol. The first-order valence-corrected chi connectivity index (χ1v) is 10.0. The lowest BCUT2D eigenvalue weighted by atomic mass is 9.77. The Labute approximate surface area is 172 Å². The molecule has 0 N–H and O–H groups in total. The van der Waals surface area contributed by atoms with Gasteiger partial charge < -0.3 is 14.2 Å². The van der Waals surface area contributed by atoms with Crippen LogP contribution in [0.1, 0.15) is 29.4 Å². The number of carbonyl (C=O) groups excluding carboxylic acids is 1. The van der Waals surface area contributed by atoms with Crippen LogP contribution in [0.3, 0.4) is 0 Å². The highest BCUT2D eigenvalue weighted by Gasteiger charge is 2.45. The summed E-state index contributed by atoms with van der Waals surface area (Å²) >= 11 is 0. The molecule has 0 bridgehead atoms. The maximum Gasteiger partial charge on any atom is 0.276 e. The van der Waals surface area contributed by atoms with E-state index in [-0.39, 0.29) is 23.9 Å². The Bertz CT molecular complexity index is 1040. The van der Waals surface area contributed by atoms with Gasteiger partial charge in [-0.1, -0.05) is 22.5 Å². The molecule has 5 rings (SSSR count). The number of benzene rings is 1. The van der Waals surface area contributed by atoms with E-state index < -0.39 is 0 Å². The van der Waals surface area contributed by atoms with E-state index in [0.717, 1.165) is 12.8 Å². The van der Waals surface area contributed by atoms with Crippen LogP contribution in [0.4, 0.5) is 4.39 Å². The largest absolute Gasteiger partial charge is 0.379 e. The van der Waals surface area contributed by atoms with E-state index in [1.54, 1.807) is 42.3 Å². The fourth-order valence-electron chi connectivity index (χ4n) is 4.80. The third-order valence-electron chi connectivity index (χ3n) is 6.33. The predicted molar refractivity (Wildman–Crippen MR) is 104 cm³/mol. The topological polar surface area (TPSA) is 86.3 Å². The van der Waals surface area contributed by atoms with Gasteiger partial charge in [0.2, 0.25) is 0 Å². The molecular formula is C21H22FN5O3. The molecule has 0 unspecified atom stereocenters. The summed E-state index contributed by atoms with van der Waals surface area (Å²) < 4.78 is 26.5. The van der Waals surface area contributed by atoms with Crippen molar-refractivity contribution in [3.05, 3.63) is 54.3 Å². The highest BCUT2D eigenvalue weighted by Crippen LogP contribution is 2.42. The van der Waals surface area contributed by atoms with Gasteiger partial charge in [0.05, 0.1) is 18.3 Å². The van der Waals surface area contributed by atoms with Crippen LogP contribution in [-0.4, -0.2) is 57.3 Å². The average molecular weight is 411 g/mol. The van der Waals surface area contributed by atoms with Crippen LogP contribution in [0, 0.1) is 17.7 Å². The van der Waals surface area contributed by atoms with E-state index >= 15 is 0 Å². The summed E-state index contributed by atoms with van der Waals surface area (Å²) in [5.74, 6) is 0.260. The normalized spacial score (nSPS) is 26.0. The van der Waals surface area contributed by atoms with E-state index in [0.29, 0.717) is 41.9 Å². The first kappa shape index (κ1) is 18.9. The predicted octanol–water partition coefficient (Wildman–Crippen LogP) is 2.81. The van der Waals surface area contributed by atoms with E-state index in [4.69, 9.17) is 9.26 Å². The Morgan fingerprint density at radius 3 is 2.73 bits per heavy atom. The molecule has 1 aliphatic heterocycles. The van der Waals surface area contributed by atoms with Crippen LogP contribution in [0.15, 0.2) is 47.3 Å². The number of hydrogen-bond donors (Lipinski definition) is 0. The molecule has 4 atom stereocenters. The first-order valence-electron chi connectivity index (χ1n) is 10.0. The summed E-state index contributed by atoms with van der Waals surface area (Å²) in [5.41, 5.74) is 1.26. The Hall–Kier alpha value is -3.07. The number of ether oxygens (including phenoxy) is 1. The molecule has 3 heterocycles. The number of fused-ring (bicyclic) bond motifs is 1. The summed E-state index contributed by atoms with van der Waals surface area (Å²) in [6.07, 6.45) is 4.77. The van der Waals surface area contributed by atoms with Crippen molar-refractivity contribution in [1.29, 1.82) is 0 Å². The molecule has 2 fully saturated rings. The summed E-state index contributed by atoms with van der Waals surface area (Å²) in [6, 6.07) is 8.10. The SMILES string of the molecule is CO[C@@H]1C[C@H]2CN(C(=O)c3ccon3)C[C@H]2C[C@H]1n1cc(-c2ccccc2F)nn1. The highest BCUT2D eigenvalue weighted by molar-refractivity contribution is 5.92. The average Bonchev–Trinajstić information content (AvgIpc) is 3.52. The van der Waals surface area contributed by atoms with Crippen molar-refractivity contribution in [3.63, 3.8) is 0 Å². The Kier molecular flexibility index (Phi) is 4.82. The number of carbonyl (C=O) groups is 1. The van der Waals surface area contributed by atoms with E-state index in [2.05, 4.69) is 15.5 Å². The minimum Gasteiger partial charge on any atom is -0.379 e. The summed E-state index contributed by atoms with van der Waals surface area (Å²) in [4.78, 5) is 14.5. The number of nitrogens with zero attached hydrogens (tertiary/aromatic N) is 5. The zero-order chi connectivity index (χ0) is 20.7. The fourth-order valence-corrected chi connectivity index (χ4v) is 4.80. The molecule has 3 aromatic rings. The maximum absolute atomic E-state index is 14.1. The van der Waals surface area contributed by atoms with Crippen molar-refractivity contribution >= 4 is 5.91 Å². The lowest BCUT2D eigenvalue weighted by Gasteiger charge is -2.36. The van der Waals surface area contributed by atoms with Crippen LogP contribution in [0.5, 0.6) is 0 Å². The number of amides is 1. The second-order valence-electron chi connectivity index (χ2n) is 7.99. The Morgan fingerprint density at radius 2 is 2.00 bits per heavy atom. The van der Waals surface area contributed by atoms with Gasteiger partial charge in [-0.2, -0.15) is 0 Å². The lowest BCUT2D eigenvalue weighted by Crippen LogP contribution is -2.37. The van der Waals surface area contributed by atoms with Gasteiger partial charge in [-0.3, -0.25) is 4.79 Å². The molecule has 0 radical (unpaired) electrons. The molecule has 9 heteroatoms. The van der Waals surface area contributed by atoms with Crippen LogP contribution in [-0.2, 0) is 4.74 Å². The van der Waals surface area contributed by atoms with Gasteiger partial charge in [0, 0.05) is 31.8 Å². The van der Waals surface area contributed by atoms with E-state index in [1.807, 2.05) is 4.90 Å². The van der Waals surface area contributed by atoms with Gasteiger partial charge in [0.25, 0.3) is 5.91 Å². The quantitative estimate of drug-likeness (QED) is 0.656. The molecule has 1 amide bonds. The maximum atomic E-state index is 14.1. The van der Waals surface area contributed by atoms with Gasteiger partial charge in [0.1, 0.15) is 17.8 Å². The van der Waals surface area contributed by atoms with Crippen LogP contribution in [0.2, 0.25) is 0 Å². The van der Waals surface area contributed by atoms with Gasteiger partial charge in [0.15, 0.2) is 5.69 Å². The smallest absolute Gasteiger partial charge is 0.276 e. The van der Waals surface area contributed by atoms with Gasteiger partial charge in [-0.05, 0) is 36.8 Å². The summed E-state index contributed by atoms with van der Waals surface area (Å²) in [5, 5.41) is 12.2. The van der Waals surface area contributed by atoms with Crippen molar-refractivity contribution in [2.24, 2.45) is 11.8 Å². The van der Waals surface area contributed by atoms with Crippen LogP contribution in [0.25, 0.3) is 11.3 Å². The van der Waals surface area contributed by atoms with Crippen molar-refractivity contribution < 1.29 is 18.4 Å². The molecule has 0 spiro atoms. The molecule has 1 aliphatic carbocycles. The van der Waals surface area contributed by atoms with Gasteiger partial charge in [-0.25, -0.2) is 9.07 Å². The molecule has 8 nitrogen and oxygen atoms in total. The highest BCUT2D eigenvalue weighted by atomic mass is 19.1. The minimum absolute atomic E-state index is 0.0219. The van der Waals surface area contributed by atoms with Gasteiger partial charge >= 0.3 is 0 Å². The molecule has 1 saturated carbocycles. The van der Waals surface area contributed by atoms with Crippen LogP contribution < -0.4 is 0 Å². The minimum atomic E-state index is -0.325. The van der Waals surface area contributed by atoms with Gasteiger partial charge in [-0.15, -0.1) is 5.10 Å². The molecular weight excluding hydrogens is 389 g/mol. The number of rotatable bonds is 4. The number of halogens is 1. The number of likely N-dealkylation sites (tertiary alicyclic amines) is 1. The third kappa shape index (κ3) is 3.28. The molecule has 156 valence electrons. The Morgan fingerprint density at radius 1 is 1.20 bits per heavy atom. The zero-order valence-corrected chi connectivity index (χ0v) is 16.5. The van der Waals surface area contributed by atoms with Crippen molar-refractivity contribution in [2.45, 2.75) is 25.0 Å². The number of aromatic nitrogens is 4. The zero-order valence-electron chi connectivity index (χ0n) is 16.5. The first-order chi connectivity index (χ1) is 14.6. The molecule has 2 aromatic heterocycles. The standard InChI is InChI=1S/C21H22FN5O3/c1-29-20-9-14-11-26(21(28)17-6-7-30-24-17)10-13(14)8-19(20)27-12-18(23-25-27)15-4-2-3-5-16(15)22/h2-7,12-14,19-20H,8-11H2,1H3/t13-,14+,19-,20-/m1/s1. The fraction of sp³-hybridized carbons (Fsp3) is 0.429. The van der Waals surface area contributed by atoms with Crippen molar-refractivity contribution in [1.82, 2.24) is 25.1 Å². The van der Waals surface area contributed by atoms with Crippen molar-refractivity contribution in [2.75, 3.05) is 20.2 Å². The third-order valence-corrected chi connectivity index (χ3v) is 6.33. The Balaban J connectivity index is 1.35. The number of methoxy groups -OCH3 is 1. The van der Waals surface area contributed by atoms with Crippen LogP contribution >= 0.6 is 0 Å². The summed E-state index contributed by atoms with van der Waals surface area (Å²) in [7, 11) is 1.69. The molecule has 1 saturated heterocycles. The second-order valence-corrected chi connectivity index (χ2v) is 7.99. The molecule has 30 heavy (non-hydrogen) atoms.